The first-order valence-electron chi connectivity index (χ1n) is 6.21. The Morgan fingerprint density at radius 1 is 0.909 bits per heavy atom. The second-order valence-corrected chi connectivity index (χ2v) is 6.55. The fourth-order valence-electron chi connectivity index (χ4n) is 2.07. The van der Waals surface area contributed by atoms with Gasteiger partial charge >= 0.3 is 0 Å². The standard InChI is InChI=1S/C14H11FN4O2S/c15-8-1-3-9(4-2-8)22(20,21)10-5-6-12-11(7-10)13(16)19-14(17)18-12/h1-7H,(H4,16,17,18,19). The second-order valence-electron chi connectivity index (χ2n) is 4.60. The van der Waals surface area contributed by atoms with Gasteiger partial charge in [-0.25, -0.2) is 17.8 Å². The first-order valence-corrected chi connectivity index (χ1v) is 7.69. The van der Waals surface area contributed by atoms with E-state index >= 15 is 0 Å². The first kappa shape index (κ1) is 14.2. The Balaban J connectivity index is 2.19. The number of fused-ring (bicyclic) bond motifs is 1. The van der Waals surface area contributed by atoms with E-state index in [0.717, 1.165) is 12.1 Å². The van der Waals surface area contributed by atoms with Crippen molar-refractivity contribution < 1.29 is 12.8 Å². The highest BCUT2D eigenvalue weighted by Crippen LogP contribution is 2.26. The average molecular weight is 318 g/mol. The zero-order valence-corrected chi connectivity index (χ0v) is 12.0. The van der Waals surface area contributed by atoms with Crippen molar-refractivity contribution in [2.24, 2.45) is 0 Å². The number of rotatable bonds is 2. The lowest BCUT2D eigenvalue weighted by Crippen LogP contribution is -2.04. The maximum atomic E-state index is 12.9. The molecule has 0 aliphatic heterocycles. The molecule has 112 valence electrons. The van der Waals surface area contributed by atoms with Gasteiger partial charge in [0.25, 0.3) is 0 Å². The lowest BCUT2D eigenvalue weighted by Gasteiger charge is -2.07. The molecule has 0 aliphatic rings. The monoisotopic (exact) mass is 318 g/mol. The van der Waals surface area contributed by atoms with E-state index in [9.17, 15) is 12.8 Å². The fraction of sp³-hybridized carbons (Fsp3) is 0. The molecule has 0 spiro atoms. The maximum Gasteiger partial charge on any atom is 0.222 e. The van der Waals surface area contributed by atoms with E-state index in [-0.39, 0.29) is 21.6 Å². The molecule has 0 amide bonds. The Labute approximate surface area is 125 Å². The number of anilines is 2. The smallest absolute Gasteiger partial charge is 0.222 e. The van der Waals surface area contributed by atoms with Crippen LogP contribution >= 0.6 is 0 Å². The predicted octanol–water partition coefficient (Wildman–Crippen LogP) is 1.77. The van der Waals surface area contributed by atoms with Gasteiger partial charge in [-0.3, -0.25) is 0 Å². The van der Waals surface area contributed by atoms with Gasteiger partial charge in [-0.2, -0.15) is 4.98 Å². The molecule has 4 N–H and O–H groups in total. The van der Waals surface area contributed by atoms with E-state index in [1.807, 2.05) is 0 Å². The summed E-state index contributed by atoms with van der Waals surface area (Å²) in [5.74, 6) is -0.400. The zero-order valence-electron chi connectivity index (χ0n) is 11.2. The first-order chi connectivity index (χ1) is 10.4. The van der Waals surface area contributed by atoms with Crippen LogP contribution in [0.3, 0.4) is 0 Å². The van der Waals surface area contributed by atoms with Gasteiger partial charge < -0.3 is 11.5 Å². The highest BCUT2D eigenvalue weighted by atomic mass is 32.2. The SMILES string of the molecule is Nc1nc(N)c2cc(S(=O)(=O)c3ccc(F)cc3)ccc2n1. The zero-order chi connectivity index (χ0) is 15.9. The van der Waals surface area contributed by atoms with Gasteiger partial charge in [-0.05, 0) is 42.5 Å². The van der Waals surface area contributed by atoms with Gasteiger partial charge in [0.2, 0.25) is 15.8 Å². The van der Waals surface area contributed by atoms with Gasteiger partial charge in [-0.15, -0.1) is 0 Å². The van der Waals surface area contributed by atoms with Crippen molar-refractivity contribution in [1.82, 2.24) is 9.97 Å². The Bertz CT molecular complexity index is 972. The van der Waals surface area contributed by atoms with Crippen LogP contribution in [-0.4, -0.2) is 18.4 Å². The van der Waals surface area contributed by atoms with Crippen LogP contribution in [0.1, 0.15) is 0 Å². The topological polar surface area (TPSA) is 112 Å². The predicted molar refractivity (Wildman–Crippen MR) is 80.2 cm³/mol. The summed E-state index contributed by atoms with van der Waals surface area (Å²) < 4.78 is 38.0. The molecular formula is C14H11FN4O2S. The Hall–Kier alpha value is -2.74. The number of hydrogen-bond donors (Lipinski definition) is 2. The largest absolute Gasteiger partial charge is 0.383 e. The van der Waals surface area contributed by atoms with Crippen molar-refractivity contribution in [3.8, 4) is 0 Å². The van der Waals surface area contributed by atoms with Crippen molar-refractivity contribution >= 4 is 32.5 Å². The molecule has 0 atom stereocenters. The molecule has 3 rings (SSSR count). The molecule has 3 aromatic rings. The molecule has 0 saturated heterocycles. The summed E-state index contributed by atoms with van der Waals surface area (Å²) >= 11 is 0. The molecule has 0 fully saturated rings. The number of benzene rings is 2. The summed E-state index contributed by atoms with van der Waals surface area (Å²) in [6.45, 7) is 0. The number of nitrogens with zero attached hydrogens (tertiary/aromatic N) is 2. The normalized spacial score (nSPS) is 11.7. The molecular weight excluding hydrogens is 307 g/mol. The third kappa shape index (κ3) is 2.33. The maximum absolute atomic E-state index is 12.9. The van der Waals surface area contributed by atoms with E-state index in [1.165, 1.54) is 30.3 Å². The van der Waals surface area contributed by atoms with Crippen molar-refractivity contribution in [2.75, 3.05) is 11.5 Å². The van der Waals surface area contributed by atoms with Gasteiger partial charge in [0.05, 0.1) is 15.3 Å². The van der Waals surface area contributed by atoms with Gasteiger partial charge in [0, 0.05) is 5.39 Å². The third-order valence-electron chi connectivity index (χ3n) is 3.15. The van der Waals surface area contributed by atoms with Crippen LogP contribution in [0.4, 0.5) is 16.2 Å². The van der Waals surface area contributed by atoms with Crippen LogP contribution in [0.2, 0.25) is 0 Å². The van der Waals surface area contributed by atoms with Crippen molar-refractivity contribution in [2.45, 2.75) is 9.79 Å². The van der Waals surface area contributed by atoms with Crippen LogP contribution in [0.25, 0.3) is 10.9 Å². The number of nitrogen functional groups attached to an aromatic ring is 2. The average Bonchev–Trinajstić information content (AvgIpc) is 2.47. The van der Waals surface area contributed by atoms with E-state index in [1.54, 1.807) is 0 Å². The van der Waals surface area contributed by atoms with Crippen molar-refractivity contribution in [1.29, 1.82) is 0 Å². The van der Waals surface area contributed by atoms with E-state index < -0.39 is 15.7 Å². The molecule has 22 heavy (non-hydrogen) atoms. The third-order valence-corrected chi connectivity index (χ3v) is 4.92. The molecule has 8 heteroatoms. The van der Waals surface area contributed by atoms with Crippen LogP contribution in [-0.2, 0) is 9.84 Å². The lowest BCUT2D eigenvalue weighted by molar-refractivity contribution is 0.595. The number of hydrogen-bond acceptors (Lipinski definition) is 6. The molecule has 1 heterocycles. The second kappa shape index (κ2) is 4.92. The molecule has 0 saturated carbocycles. The molecule has 6 nitrogen and oxygen atoms in total. The summed E-state index contributed by atoms with van der Waals surface area (Å²) in [5.41, 5.74) is 11.7. The Kier molecular flexibility index (Phi) is 3.18. The summed E-state index contributed by atoms with van der Waals surface area (Å²) in [6, 6.07) is 8.86. The van der Waals surface area contributed by atoms with Crippen LogP contribution in [0.15, 0.2) is 52.3 Å². The lowest BCUT2D eigenvalue weighted by atomic mass is 10.2. The van der Waals surface area contributed by atoms with Crippen LogP contribution in [0.5, 0.6) is 0 Å². The minimum Gasteiger partial charge on any atom is -0.383 e. The summed E-state index contributed by atoms with van der Waals surface area (Å²) in [7, 11) is -3.78. The van der Waals surface area contributed by atoms with Crippen LogP contribution < -0.4 is 11.5 Å². The molecule has 0 aliphatic carbocycles. The molecule has 0 unspecified atom stereocenters. The van der Waals surface area contributed by atoms with Gasteiger partial charge in [0.1, 0.15) is 11.6 Å². The fourth-order valence-corrected chi connectivity index (χ4v) is 3.35. The molecule has 0 radical (unpaired) electrons. The molecule has 2 aromatic carbocycles. The Morgan fingerprint density at radius 3 is 2.23 bits per heavy atom. The van der Waals surface area contributed by atoms with E-state index in [4.69, 9.17) is 11.5 Å². The van der Waals surface area contributed by atoms with E-state index in [2.05, 4.69) is 9.97 Å². The quantitative estimate of drug-likeness (QED) is 0.696. The minimum atomic E-state index is -3.78. The summed E-state index contributed by atoms with van der Waals surface area (Å²) in [6.07, 6.45) is 0. The highest BCUT2D eigenvalue weighted by Gasteiger charge is 2.19. The molecule has 0 bridgehead atoms. The van der Waals surface area contributed by atoms with E-state index in [0.29, 0.717) is 10.9 Å². The van der Waals surface area contributed by atoms with Crippen LogP contribution in [0, 0.1) is 5.82 Å². The summed E-state index contributed by atoms with van der Waals surface area (Å²) in [5, 5.41) is 0.386. The number of sulfone groups is 1. The van der Waals surface area contributed by atoms with Gasteiger partial charge in [0.15, 0.2) is 0 Å². The number of aromatic nitrogens is 2. The van der Waals surface area contributed by atoms with Gasteiger partial charge in [-0.1, -0.05) is 0 Å². The Morgan fingerprint density at radius 2 is 1.55 bits per heavy atom. The minimum absolute atomic E-state index is 0.0109. The van der Waals surface area contributed by atoms with Crippen molar-refractivity contribution in [3.05, 3.63) is 48.3 Å². The highest BCUT2D eigenvalue weighted by molar-refractivity contribution is 7.91. The molecule has 1 aromatic heterocycles. The van der Waals surface area contributed by atoms with Crippen molar-refractivity contribution in [3.63, 3.8) is 0 Å². The number of nitrogens with two attached hydrogens (primary N) is 2. The summed E-state index contributed by atoms with van der Waals surface area (Å²) in [4.78, 5) is 7.80. The number of halogens is 1.